The molecular formula is C24H22BrNO8S. The number of carboxylic acids is 1. The molecule has 35 heavy (non-hydrogen) atoms. The van der Waals surface area contributed by atoms with Crippen molar-refractivity contribution in [2.24, 2.45) is 0 Å². The Hall–Kier alpha value is -3.31. The van der Waals surface area contributed by atoms with Crippen LogP contribution in [0.2, 0.25) is 0 Å². The van der Waals surface area contributed by atoms with E-state index in [-0.39, 0.29) is 23.2 Å². The van der Waals surface area contributed by atoms with Gasteiger partial charge in [0.2, 0.25) is 0 Å². The number of halogens is 1. The maximum Gasteiger partial charge on any atom is 0.335 e. The van der Waals surface area contributed by atoms with Gasteiger partial charge in [0.05, 0.1) is 28.2 Å². The number of methoxy groups -OCH3 is 1. The Kier molecular flexibility index (Phi) is 8.57. The number of aromatic carboxylic acids is 1. The zero-order chi connectivity index (χ0) is 25.7. The van der Waals surface area contributed by atoms with E-state index in [1.165, 1.54) is 25.3 Å². The largest absolute Gasteiger partial charge is 0.493 e. The topological polar surface area (TPSA) is 119 Å². The molecule has 11 heteroatoms. The van der Waals surface area contributed by atoms with Crippen molar-refractivity contribution >= 4 is 56.9 Å². The minimum absolute atomic E-state index is 0.161. The third kappa shape index (κ3) is 6.64. The summed E-state index contributed by atoms with van der Waals surface area (Å²) < 4.78 is 16.9. The Balaban J connectivity index is 1.76. The normalized spacial score (nSPS) is 14.5. The highest BCUT2D eigenvalue weighted by atomic mass is 79.9. The standard InChI is InChI=1S/C24H22BrNO8S/c1-13(2)34-20(27)11-26-22(28)19(35-24(26)31)10-15-8-17(25)21(18(9-15)32-3)33-12-14-4-6-16(7-5-14)23(29)30/h4-10,13H,11-12H2,1-3H3,(H,29,30)/b19-10+. The number of esters is 1. The van der Waals surface area contributed by atoms with E-state index in [0.29, 0.717) is 21.5 Å². The predicted molar refractivity (Wildman–Crippen MR) is 132 cm³/mol. The van der Waals surface area contributed by atoms with Gasteiger partial charge in [-0.25, -0.2) is 4.79 Å². The second-order valence-electron chi connectivity index (χ2n) is 7.63. The molecule has 0 atom stereocenters. The van der Waals surface area contributed by atoms with Gasteiger partial charge in [-0.1, -0.05) is 12.1 Å². The summed E-state index contributed by atoms with van der Waals surface area (Å²) in [5.41, 5.74) is 1.51. The lowest BCUT2D eigenvalue weighted by Gasteiger charge is -2.14. The summed E-state index contributed by atoms with van der Waals surface area (Å²) >= 11 is 4.18. The molecule has 0 spiro atoms. The molecule has 1 aliphatic rings. The molecule has 0 unspecified atom stereocenters. The molecule has 9 nitrogen and oxygen atoms in total. The third-order valence-electron chi connectivity index (χ3n) is 4.66. The summed E-state index contributed by atoms with van der Waals surface area (Å²) in [6.45, 7) is 3.07. The van der Waals surface area contributed by atoms with Crippen LogP contribution in [-0.2, 0) is 20.9 Å². The van der Waals surface area contributed by atoms with Crippen LogP contribution in [-0.4, -0.2) is 52.8 Å². The van der Waals surface area contributed by atoms with Crippen LogP contribution in [0.25, 0.3) is 6.08 Å². The summed E-state index contributed by atoms with van der Waals surface area (Å²) in [6.07, 6.45) is 1.17. The number of ether oxygens (including phenoxy) is 3. The SMILES string of the molecule is COc1cc(/C=C2/SC(=O)N(CC(=O)OC(C)C)C2=O)cc(Br)c1OCc1ccc(C(=O)O)cc1. The number of hydrogen-bond donors (Lipinski definition) is 1. The number of thioether (sulfide) groups is 1. The molecule has 2 aromatic rings. The molecule has 0 saturated carbocycles. The summed E-state index contributed by atoms with van der Waals surface area (Å²) in [4.78, 5) is 48.8. The number of carboxylic acid groups (broad SMARTS) is 1. The molecule has 1 heterocycles. The van der Waals surface area contributed by atoms with Gasteiger partial charge in [-0.05, 0) is 83.0 Å². The Morgan fingerprint density at radius 3 is 2.46 bits per heavy atom. The van der Waals surface area contributed by atoms with Crippen molar-refractivity contribution < 1.29 is 38.5 Å². The Labute approximate surface area is 214 Å². The maximum atomic E-state index is 12.7. The number of carbonyl (C=O) groups is 4. The van der Waals surface area contributed by atoms with Crippen molar-refractivity contribution in [3.05, 3.63) is 62.5 Å². The summed E-state index contributed by atoms with van der Waals surface area (Å²) in [7, 11) is 1.47. The minimum Gasteiger partial charge on any atom is -0.493 e. The average molecular weight is 564 g/mol. The van der Waals surface area contributed by atoms with Gasteiger partial charge in [0, 0.05) is 0 Å². The van der Waals surface area contributed by atoms with E-state index in [0.717, 1.165) is 22.2 Å². The number of imide groups is 1. The molecule has 2 amide bonds. The molecular weight excluding hydrogens is 542 g/mol. The zero-order valence-electron chi connectivity index (χ0n) is 19.1. The first-order valence-electron chi connectivity index (χ1n) is 10.4. The van der Waals surface area contributed by atoms with Crippen molar-refractivity contribution in [3.8, 4) is 11.5 Å². The van der Waals surface area contributed by atoms with Crippen LogP contribution in [0.15, 0.2) is 45.8 Å². The van der Waals surface area contributed by atoms with E-state index in [4.69, 9.17) is 19.3 Å². The number of nitrogens with zero attached hydrogens (tertiary/aromatic N) is 1. The second kappa shape index (κ2) is 11.4. The fourth-order valence-electron chi connectivity index (χ4n) is 3.08. The fourth-order valence-corrected chi connectivity index (χ4v) is 4.49. The van der Waals surface area contributed by atoms with Gasteiger partial charge in [0.1, 0.15) is 13.2 Å². The van der Waals surface area contributed by atoms with Crippen LogP contribution >= 0.6 is 27.7 Å². The first kappa shape index (κ1) is 26.3. The Bertz CT molecular complexity index is 1190. The maximum absolute atomic E-state index is 12.7. The quantitative estimate of drug-likeness (QED) is 0.341. The van der Waals surface area contributed by atoms with Crippen molar-refractivity contribution in [2.75, 3.05) is 13.7 Å². The highest BCUT2D eigenvalue weighted by Gasteiger charge is 2.36. The average Bonchev–Trinajstić information content (AvgIpc) is 3.05. The number of rotatable bonds is 9. The van der Waals surface area contributed by atoms with Crippen LogP contribution in [0.1, 0.15) is 35.3 Å². The number of amides is 2. The number of hydrogen-bond acceptors (Lipinski definition) is 8. The lowest BCUT2D eigenvalue weighted by Crippen LogP contribution is -2.35. The molecule has 1 N–H and O–H groups in total. The molecule has 0 radical (unpaired) electrons. The first-order chi connectivity index (χ1) is 16.6. The first-order valence-corrected chi connectivity index (χ1v) is 12.0. The van der Waals surface area contributed by atoms with Crippen LogP contribution in [0.5, 0.6) is 11.5 Å². The van der Waals surface area contributed by atoms with Crippen molar-refractivity contribution in [3.63, 3.8) is 0 Å². The van der Waals surface area contributed by atoms with E-state index in [2.05, 4.69) is 15.9 Å². The monoisotopic (exact) mass is 563 g/mol. The van der Waals surface area contributed by atoms with Crippen LogP contribution in [0.3, 0.4) is 0 Å². The van der Waals surface area contributed by atoms with Gasteiger partial charge in [-0.2, -0.15) is 0 Å². The van der Waals surface area contributed by atoms with Gasteiger partial charge in [0.25, 0.3) is 11.1 Å². The molecule has 184 valence electrons. The number of carbonyl (C=O) groups excluding carboxylic acids is 3. The summed E-state index contributed by atoms with van der Waals surface area (Å²) in [5.74, 6) is -1.46. The molecule has 0 aromatic heterocycles. The molecule has 0 bridgehead atoms. The molecule has 1 fully saturated rings. The summed E-state index contributed by atoms with van der Waals surface area (Å²) in [5, 5.41) is 8.45. The Morgan fingerprint density at radius 2 is 1.86 bits per heavy atom. The zero-order valence-corrected chi connectivity index (χ0v) is 21.5. The van der Waals surface area contributed by atoms with Crippen molar-refractivity contribution in [2.45, 2.75) is 26.6 Å². The van der Waals surface area contributed by atoms with Crippen LogP contribution < -0.4 is 9.47 Å². The molecule has 1 aliphatic heterocycles. The molecule has 3 rings (SSSR count). The number of benzene rings is 2. The highest BCUT2D eigenvalue weighted by molar-refractivity contribution is 9.10. The van der Waals surface area contributed by atoms with E-state index in [1.54, 1.807) is 38.1 Å². The third-order valence-corrected chi connectivity index (χ3v) is 6.16. The van der Waals surface area contributed by atoms with Gasteiger partial charge in [-0.3, -0.25) is 19.3 Å². The fraction of sp³-hybridized carbons (Fsp3) is 0.250. The van der Waals surface area contributed by atoms with Crippen molar-refractivity contribution in [1.82, 2.24) is 4.90 Å². The van der Waals surface area contributed by atoms with Crippen molar-refractivity contribution in [1.29, 1.82) is 0 Å². The second-order valence-corrected chi connectivity index (χ2v) is 9.48. The van der Waals surface area contributed by atoms with Gasteiger partial charge < -0.3 is 19.3 Å². The molecule has 0 aliphatic carbocycles. The highest BCUT2D eigenvalue weighted by Crippen LogP contribution is 2.39. The van der Waals surface area contributed by atoms with Crippen LogP contribution in [0, 0.1) is 0 Å². The minimum atomic E-state index is -1.01. The smallest absolute Gasteiger partial charge is 0.335 e. The van der Waals surface area contributed by atoms with Gasteiger partial charge >= 0.3 is 11.9 Å². The van der Waals surface area contributed by atoms with E-state index in [1.807, 2.05) is 0 Å². The van der Waals surface area contributed by atoms with E-state index < -0.39 is 29.6 Å². The molecule has 2 aromatic carbocycles. The van der Waals surface area contributed by atoms with Gasteiger partial charge in [0.15, 0.2) is 11.5 Å². The Morgan fingerprint density at radius 1 is 1.17 bits per heavy atom. The lowest BCUT2D eigenvalue weighted by molar-refractivity contribution is -0.149. The van der Waals surface area contributed by atoms with Crippen LogP contribution in [0.4, 0.5) is 4.79 Å². The van der Waals surface area contributed by atoms with Gasteiger partial charge in [-0.15, -0.1) is 0 Å². The summed E-state index contributed by atoms with van der Waals surface area (Å²) in [6, 6.07) is 9.65. The lowest BCUT2D eigenvalue weighted by atomic mass is 10.1. The van der Waals surface area contributed by atoms with E-state index in [9.17, 15) is 19.2 Å². The van der Waals surface area contributed by atoms with E-state index >= 15 is 0 Å². The predicted octanol–water partition coefficient (Wildman–Crippen LogP) is 4.72. The molecule has 1 saturated heterocycles.